The van der Waals surface area contributed by atoms with Crippen LogP contribution in [0.15, 0.2) is 0 Å². The highest BCUT2D eigenvalue weighted by atomic mass is 19.4. The molecule has 0 aliphatic rings. The summed E-state index contributed by atoms with van der Waals surface area (Å²) in [5.74, 6) is 4.48. The maximum Gasteiger partial charge on any atom is 0.390 e. The lowest BCUT2D eigenvalue weighted by molar-refractivity contribution is -0.138. The second-order valence-corrected chi connectivity index (χ2v) is 3.47. The van der Waals surface area contributed by atoms with Crippen molar-refractivity contribution in [2.24, 2.45) is 5.84 Å². The molecule has 1 unspecified atom stereocenters. The van der Waals surface area contributed by atoms with Crippen LogP contribution in [0.3, 0.4) is 0 Å². The van der Waals surface area contributed by atoms with Gasteiger partial charge < -0.3 is 4.90 Å². The molecule has 0 saturated carbocycles. The molecule has 1 atom stereocenters. The van der Waals surface area contributed by atoms with Crippen LogP contribution in [0.2, 0.25) is 0 Å². The first-order chi connectivity index (χ1) is 6.76. The maximum absolute atomic E-state index is 11.9. The fourth-order valence-corrected chi connectivity index (χ4v) is 1.01. The minimum atomic E-state index is -4.16. The number of nitrogens with one attached hydrogen (secondary N) is 1. The lowest BCUT2D eigenvalue weighted by atomic mass is 10.2. The van der Waals surface area contributed by atoms with Crippen LogP contribution in [0.1, 0.15) is 19.8 Å². The molecule has 0 aliphatic carbocycles. The average Bonchev–Trinajstić information content (AvgIpc) is 2.12. The highest BCUT2D eigenvalue weighted by Crippen LogP contribution is 2.20. The highest BCUT2D eigenvalue weighted by molar-refractivity contribution is 5.75. The summed E-state index contributed by atoms with van der Waals surface area (Å²) in [6.45, 7) is 1.55. The normalized spacial score (nSPS) is 14.1. The molecule has 3 N–H and O–H groups in total. The van der Waals surface area contributed by atoms with Crippen molar-refractivity contribution in [3.05, 3.63) is 0 Å². The topological polar surface area (TPSA) is 58.4 Å². The first kappa shape index (κ1) is 14.2. The van der Waals surface area contributed by atoms with Gasteiger partial charge in [-0.25, -0.2) is 5.84 Å². The molecule has 0 fully saturated rings. The van der Waals surface area contributed by atoms with E-state index < -0.39 is 12.6 Å². The van der Waals surface area contributed by atoms with Gasteiger partial charge in [-0.1, -0.05) is 0 Å². The van der Waals surface area contributed by atoms with Gasteiger partial charge in [0.05, 0.1) is 6.42 Å². The van der Waals surface area contributed by atoms with E-state index in [1.807, 2.05) is 5.43 Å². The molecule has 90 valence electrons. The Labute approximate surface area is 86.6 Å². The van der Waals surface area contributed by atoms with Crippen LogP contribution in [-0.2, 0) is 4.79 Å². The van der Waals surface area contributed by atoms with Crippen LogP contribution >= 0.6 is 0 Å². The number of carbonyl (C=O) groups is 1. The van der Waals surface area contributed by atoms with Crippen LogP contribution in [0, 0.1) is 0 Å². The Morgan fingerprint density at radius 1 is 1.53 bits per heavy atom. The summed E-state index contributed by atoms with van der Waals surface area (Å²) in [5, 5.41) is 0. The van der Waals surface area contributed by atoms with Crippen molar-refractivity contribution in [3.63, 3.8) is 0 Å². The highest BCUT2D eigenvalue weighted by Gasteiger charge is 2.28. The molecule has 0 spiro atoms. The molecule has 0 heterocycles. The Kier molecular flexibility index (Phi) is 5.59. The van der Waals surface area contributed by atoms with Gasteiger partial charge in [0.1, 0.15) is 0 Å². The number of alkyl halides is 3. The van der Waals surface area contributed by atoms with Gasteiger partial charge in [0.2, 0.25) is 5.91 Å². The zero-order valence-electron chi connectivity index (χ0n) is 8.77. The van der Waals surface area contributed by atoms with E-state index in [1.54, 1.807) is 14.0 Å². The minimum absolute atomic E-state index is 0.0882. The summed E-state index contributed by atoms with van der Waals surface area (Å²) in [4.78, 5) is 12.3. The van der Waals surface area contributed by atoms with Gasteiger partial charge in [0, 0.05) is 19.0 Å². The third kappa shape index (κ3) is 7.15. The van der Waals surface area contributed by atoms with E-state index in [2.05, 4.69) is 0 Å². The average molecular weight is 227 g/mol. The molecule has 0 saturated heterocycles. The molecule has 0 aromatic rings. The van der Waals surface area contributed by atoms with Crippen molar-refractivity contribution in [3.8, 4) is 0 Å². The van der Waals surface area contributed by atoms with Crippen LogP contribution < -0.4 is 11.3 Å². The molecule has 0 bridgehead atoms. The fraction of sp³-hybridized carbons (Fsp3) is 0.875. The minimum Gasteiger partial charge on any atom is -0.303 e. The number of nitrogens with two attached hydrogens (primary N) is 1. The SMILES string of the molecule is CC(CC(=O)NN)N(C)CCC(F)(F)F. The van der Waals surface area contributed by atoms with Crippen molar-refractivity contribution >= 4 is 5.91 Å². The molecule has 0 radical (unpaired) electrons. The van der Waals surface area contributed by atoms with E-state index in [9.17, 15) is 18.0 Å². The second-order valence-electron chi connectivity index (χ2n) is 3.47. The first-order valence-electron chi connectivity index (χ1n) is 4.52. The van der Waals surface area contributed by atoms with E-state index in [4.69, 9.17) is 5.84 Å². The Balaban J connectivity index is 3.89. The third-order valence-corrected chi connectivity index (χ3v) is 2.14. The smallest absolute Gasteiger partial charge is 0.303 e. The van der Waals surface area contributed by atoms with E-state index in [0.29, 0.717) is 0 Å². The second kappa shape index (κ2) is 5.92. The quantitative estimate of drug-likeness (QED) is 0.411. The molecular formula is C8H16F3N3O. The fourth-order valence-electron chi connectivity index (χ4n) is 1.01. The number of halogens is 3. The molecule has 7 heteroatoms. The number of hydrazine groups is 1. The zero-order valence-corrected chi connectivity index (χ0v) is 8.77. The molecule has 0 rings (SSSR count). The Morgan fingerprint density at radius 3 is 2.47 bits per heavy atom. The summed E-state index contributed by atoms with van der Waals surface area (Å²) in [5.41, 5.74) is 1.94. The summed E-state index contributed by atoms with van der Waals surface area (Å²) < 4.78 is 35.6. The van der Waals surface area contributed by atoms with E-state index >= 15 is 0 Å². The summed E-state index contributed by atoms with van der Waals surface area (Å²) in [6, 6.07) is -0.268. The summed E-state index contributed by atoms with van der Waals surface area (Å²) >= 11 is 0. The molecule has 4 nitrogen and oxygen atoms in total. The van der Waals surface area contributed by atoms with Gasteiger partial charge >= 0.3 is 6.18 Å². The largest absolute Gasteiger partial charge is 0.390 e. The number of hydrogen-bond donors (Lipinski definition) is 2. The van der Waals surface area contributed by atoms with Crippen molar-refractivity contribution in [2.45, 2.75) is 32.0 Å². The van der Waals surface area contributed by atoms with Crippen molar-refractivity contribution < 1.29 is 18.0 Å². The summed E-state index contributed by atoms with van der Waals surface area (Å²) in [7, 11) is 1.54. The third-order valence-electron chi connectivity index (χ3n) is 2.14. The van der Waals surface area contributed by atoms with Crippen LogP contribution in [0.4, 0.5) is 13.2 Å². The lowest BCUT2D eigenvalue weighted by Gasteiger charge is -2.24. The Hall–Kier alpha value is -0.820. The van der Waals surface area contributed by atoms with Gasteiger partial charge in [-0.15, -0.1) is 0 Å². The Morgan fingerprint density at radius 2 is 2.07 bits per heavy atom. The van der Waals surface area contributed by atoms with Gasteiger partial charge in [-0.2, -0.15) is 13.2 Å². The van der Waals surface area contributed by atoms with Gasteiger partial charge in [-0.3, -0.25) is 10.2 Å². The zero-order chi connectivity index (χ0) is 12.1. The number of amides is 1. The van der Waals surface area contributed by atoms with Crippen molar-refractivity contribution in [1.82, 2.24) is 10.3 Å². The maximum atomic E-state index is 11.9. The van der Waals surface area contributed by atoms with Crippen LogP contribution in [0.25, 0.3) is 0 Å². The standard InChI is InChI=1S/C8H16F3N3O/c1-6(5-7(15)13-12)14(2)4-3-8(9,10)11/h6H,3-5,12H2,1-2H3,(H,13,15). The monoisotopic (exact) mass is 227 g/mol. The molecule has 15 heavy (non-hydrogen) atoms. The van der Waals surface area contributed by atoms with Gasteiger partial charge in [-0.05, 0) is 14.0 Å². The predicted molar refractivity (Wildman–Crippen MR) is 49.7 cm³/mol. The number of nitrogens with zero attached hydrogens (tertiary/aromatic N) is 1. The lowest BCUT2D eigenvalue weighted by Crippen LogP contribution is -2.39. The van der Waals surface area contributed by atoms with Crippen molar-refractivity contribution in [2.75, 3.05) is 13.6 Å². The van der Waals surface area contributed by atoms with Gasteiger partial charge in [0.15, 0.2) is 0 Å². The molecule has 0 aromatic heterocycles. The molecule has 1 amide bonds. The first-order valence-corrected chi connectivity index (χ1v) is 4.52. The molecule has 0 aromatic carbocycles. The number of hydrogen-bond acceptors (Lipinski definition) is 3. The number of rotatable bonds is 5. The Bertz CT molecular complexity index is 208. The van der Waals surface area contributed by atoms with E-state index in [0.717, 1.165) is 0 Å². The van der Waals surface area contributed by atoms with Gasteiger partial charge in [0.25, 0.3) is 0 Å². The summed E-state index contributed by atoms with van der Waals surface area (Å²) in [6.07, 6.45) is -4.95. The predicted octanol–water partition coefficient (Wildman–Crippen LogP) is 0.639. The van der Waals surface area contributed by atoms with E-state index in [1.165, 1.54) is 4.90 Å². The van der Waals surface area contributed by atoms with E-state index in [-0.39, 0.29) is 24.9 Å². The van der Waals surface area contributed by atoms with Crippen LogP contribution in [-0.4, -0.2) is 36.6 Å². The van der Waals surface area contributed by atoms with Crippen molar-refractivity contribution in [1.29, 1.82) is 0 Å². The van der Waals surface area contributed by atoms with Crippen LogP contribution in [0.5, 0.6) is 0 Å². The molecular weight excluding hydrogens is 211 g/mol. The molecule has 0 aliphatic heterocycles. The number of carbonyl (C=O) groups excluding carboxylic acids is 1.